The minimum atomic E-state index is -4.82. The summed E-state index contributed by atoms with van der Waals surface area (Å²) in [7, 11) is 0. The SMILES string of the molecule is CC(=O)C[C@@H](C)[B-](F)(F)F. The van der Waals surface area contributed by atoms with Gasteiger partial charge in [0, 0.05) is 0 Å². The van der Waals surface area contributed by atoms with Crippen molar-refractivity contribution >= 4 is 12.8 Å². The fourth-order valence-corrected chi connectivity index (χ4v) is 0.587. The molecule has 0 aromatic carbocycles. The zero-order chi connectivity index (χ0) is 8.36. The van der Waals surface area contributed by atoms with E-state index in [1.54, 1.807) is 0 Å². The van der Waals surface area contributed by atoms with Gasteiger partial charge in [-0.2, -0.15) is 0 Å². The molecule has 0 rings (SSSR count). The number of hydrogen-bond donors (Lipinski definition) is 0. The average Bonchev–Trinajstić information content (AvgIpc) is 1.60. The van der Waals surface area contributed by atoms with Crippen molar-refractivity contribution in [2.75, 3.05) is 0 Å². The molecule has 0 heterocycles. The van der Waals surface area contributed by atoms with E-state index in [0.717, 1.165) is 6.92 Å². The maximum Gasteiger partial charge on any atom is 0.481 e. The summed E-state index contributed by atoms with van der Waals surface area (Å²) in [5, 5.41) is 0. The molecule has 0 N–H and O–H groups in total. The molecule has 5 heteroatoms. The Morgan fingerprint density at radius 1 is 1.50 bits per heavy atom. The highest BCUT2D eigenvalue weighted by Crippen LogP contribution is 2.28. The van der Waals surface area contributed by atoms with E-state index in [1.165, 1.54) is 6.92 Å². The van der Waals surface area contributed by atoms with Crippen molar-refractivity contribution in [2.45, 2.75) is 26.1 Å². The second-order valence-electron chi connectivity index (χ2n) is 2.51. The Balaban J connectivity index is 3.85. The Morgan fingerprint density at radius 3 is 2.00 bits per heavy atom. The Hall–Kier alpha value is -0.475. The zero-order valence-corrected chi connectivity index (χ0v) is 5.90. The lowest BCUT2D eigenvalue weighted by atomic mass is 9.71. The third-order valence-corrected chi connectivity index (χ3v) is 1.25. The second kappa shape index (κ2) is 3.08. The van der Waals surface area contributed by atoms with E-state index in [1.807, 2.05) is 0 Å². The van der Waals surface area contributed by atoms with Crippen molar-refractivity contribution in [1.29, 1.82) is 0 Å². The van der Waals surface area contributed by atoms with Gasteiger partial charge in [0.15, 0.2) is 0 Å². The van der Waals surface area contributed by atoms with E-state index in [4.69, 9.17) is 0 Å². The normalized spacial score (nSPS) is 14.9. The molecule has 0 aliphatic carbocycles. The molecule has 0 bridgehead atoms. The molecule has 0 saturated heterocycles. The minimum absolute atomic E-state index is 0.385. The molecule has 0 spiro atoms. The highest BCUT2D eigenvalue weighted by Gasteiger charge is 2.31. The Kier molecular flexibility index (Phi) is 2.93. The lowest BCUT2D eigenvalue weighted by Crippen LogP contribution is -2.23. The summed E-state index contributed by atoms with van der Waals surface area (Å²) in [5.74, 6) is -1.86. The van der Waals surface area contributed by atoms with E-state index >= 15 is 0 Å². The quantitative estimate of drug-likeness (QED) is 0.568. The average molecular weight is 153 g/mol. The molecule has 0 amide bonds. The summed E-state index contributed by atoms with van der Waals surface area (Å²) in [6.45, 7) is -2.63. The smallest absolute Gasteiger partial charge is 0.449 e. The van der Waals surface area contributed by atoms with Gasteiger partial charge in [-0.25, -0.2) is 0 Å². The van der Waals surface area contributed by atoms with Gasteiger partial charge < -0.3 is 17.7 Å². The van der Waals surface area contributed by atoms with Crippen LogP contribution in [0, 0.1) is 0 Å². The standard InChI is InChI=1S/C5H9BF3O/c1-4(3-5(2)10)6(7,8)9/h4H,3H2,1-2H3/q-1/t4-/m1/s1. The lowest BCUT2D eigenvalue weighted by Gasteiger charge is -2.20. The lowest BCUT2D eigenvalue weighted by molar-refractivity contribution is -0.117. The highest BCUT2D eigenvalue weighted by atomic mass is 19.4. The predicted molar refractivity (Wildman–Crippen MR) is 33.8 cm³/mol. The fourth-order valence-electron chi connectivity index (χ4n) is 0.587. The van der Waals surface area contributed by atoms with Crippen molar-refractivity contribution in [3.63, 3.8) is 0 Å². The maximum atomic E-state index is 11.7. The van der Waals surface area contributed by atoms with Crippen LogP contribution in [-0.4, -0.2) is 12.8 Å². The van der Waals surface area contributed by atoms with Crippen molar-refractivity contribution in [1.82, 2.24) is 0 Å². The predicted octanol–water partition coefficient (Wildman–Crippen LogP) is 2.20. The molecule has 0 saturated carbocycles. The van der Waals surface area contributed by atoms with Crippen molar-refractivity contribution < 1.29 is 17.7 Å². The number of rotatable bonds is 3. The molecule has 60 valence electrons. The number of carbonyl (C=O) groups is 1. The topological polar surface area (TPSA) is 17.1 Å². The van der Waals surface area contributed by atoms with E-state index in [2.05, 4.69) is 0 Å². The van der Waals surface area contributed by atoms with Crippen LogP contribution in [0.2, 0.25) is 5.82 Å². The Bertz CT molecular complexity index is 131. The van der Waals surface area contributed by atoms with E-state index < -0.39 is 18.6 Å². The van der Waals surface area contributed by atoms with Gasteiger partial charge in [0.2, 0.25) is 0 Å². The molecule has 10 heavy (non-hydrogen) atoms. The Morgan fingerprint density at radius 2 is 1.90 bits per heavy atom. The molecular weight excluding hydrogens is 144 g/mol. The van der Waals surface area contributed by atoms with Crippen LogP contribution in [-0.2, 0) is 4.79 Å². The number of carbonyl (C=O) groups excluding carboxylic acids is 1. The largest absolute Gasteiger partial charge is 0.481 e. The van der Waals surface area contributed by atoms with E-state index in [0.29, 0.717) is 0 Å². The van der Waals surface area contributed by atoms with Crippen molar-refractivity contribution in [3.05, 3.63) is 0 Å². The molecule has 1 nitrogen and oxygen atoms in total. The summed E-state index contributed by atoms with van der Waals surface area (Å²) < 4.78 is 35.2. The molecule has 1 atom stereocenters. The zero-order valence-electron chi connectivity index (χ0n) is 5.90. The van der Waals surface area contributed by atoms with Crippen LogP contribution in [0.5, 0.6) is 0 Å². The van der Waals surface area contributed by atoms with Gasteiger partial charge >= 0.3 is 6.98 Å². The van der Waals surface area contributed by atoms with E-state index in [9.17, 15) is 17.7 Å². The highest BCUT2D eigenvalue weighted by molar-refractivity contribution is 6.60. The second-order valence-corrected chi connectivity index (χ2v) is 2.51. The first kappa shape index (κ1) is 9.52. The number of hydrogen-bond acceptors (Lipinski definition) is 1. The monoisotopic (exact) mass is 153 g/mol. The van der Waals surface area contributed by atoms with Gasteiger partial charge in [-0.15, -0.1) is 0 Å². The minimum Gasteiger partial charge on any atom is -0.449 e. The molecule has 0 aliphatic rings. The summed E-state index contributed by atoms with van der Waals surface area (Å²) in [4.78, 5) is 10.2. The first-order valence-corrected chi connectivity index (χ1v) is 3.03. The molecule has 0 radical (unpaired) electrons. The first-order valence-electron chi connectivity index (χ1n) is 3.03. The third-order valence-electron chi connectivity index (χ3n) is 1.25. The van der Waals surface area contributed by atoms with Crippen LogP contribution < -0.4 is 0 Å². The van der Waals surface area contributed by atoms with Gasteiger partial charge in [-0.3, -0.25) is 0 Å². The van der Waals surface area contributed by atoms with Crippen molar-refractivity contribution in [3.8, 4) is 0 Å². The summed E-state index contributed by atoms with van der Waals surface area (Å²) in [6.07, 6.45) is -0.385. The van der Waals surface area contributed by atoms with Gasteiger partial charge in [0.25, 0.3) is 0 Å². The van der Waals surface area contributed by atoms with Crippen LogP contribution >= 0.6 is 0 Å². The molecule has 0 aliphatic heterocycles. The van der Waals surface area contributed by atoms with Gasteiger partial charge in [0.1, 0.15) is 5.78 Å². The molecule has 0 fully saturated rings. The van der Waals surface area contributed by atoms with Crippen LogP contribution in [0.25, 0.3) is 0 Å². The first-order chi connectivity index (χ1) is 4.34. The van der Waals surface area contributed by atoms with Gasteiger partial charge in [0.05, 0.1) is 0 Å². The number of Topliss-reactive ketones (excluding diaryl/α,β-unsaturated/α-hetero) is 1. The van der Waals surface area contributed by atoms with Gasteiger partial charge in [-0.05, 0) is 13.3 Å². The molecule has 0 aromatic heterocycles. The van der Waals surface area contributed by atoms with E-state index in [-0.39, 0.29) is 6.42 Å². The molecule has 0 aromatic rings. The van der Waals surface area contributed by atoms with Crippen LogP contribution in [0.3, 0.4) is 0 Å². The maximum absolute atomic E-state index is 11.7. The summed E-state index contributed by atoms with van der Waals surface area (Å²) in [6, 6.07) is 0. The van der Waals surface area contributed by atoms with Crippen molar-refractivity contribution in [2.24, 2.45) is 0 Å². The van der Waals surface area contributed by atoms with Gasteiger partial charge in [-0.1, -0.05) is 12.7 Å². The van der Waals surface area contributed by atoms with Crippen LogP contribution in [0.1, 0.15) is 20.3 Å². The van der Waals surface area contributed by atoms with Crippen LogP contribution in [0.4, 0.5) is 12.9 Å². The van der Waals surface area contributed by atoms with Crippen LogP contribution in [0.15, 0.2) is 0 Å². The summed E-state index contributed by atoms with van der Waals surface area (Å²) >= 11 is 0. The molecular formula is C5H9BF3O-. The number of ketones is 1. The molecule has 0 unspecified atom stereocenters. The Labute approximate surface area is 57.7 Å². The number of halogens is 3. The summed E-state index contributed by atoms with van der Waals surface area (Å²) in [5.41, 5.74) is 0. The fraction of sp³-hybridized carbons (Fsp3) is 0.800. The third kappa shape index (κ3) is 3.53.